The number of carbonyl (C=O) groups is 2. The molecule has 0 saturated carbocycles. The van der Waals surface area contributed by atoms with Gasteiger partial charge >= 0.3 is 5.97 Å². The molecule has 17 heavy (non-hydrogen) atoms. The summed E-state index contributed by atoms with van der Waals surface area (Å²) in [5.41, 5.74) is -0.554. The number of aliphatic hydroxyl groups excluding tert-OH is 1. The minimum atomic E-state index is -1.11. The van der Waals surface area contributed by atoms with E-state index in [2.05, 4.69) is 10.6 Å². The summed E-state index contributed by atoms with van der Waals surface area (Å²) in [5.74, 6) is -1.37. The van der Waals surface area contributed by atoms with Gasteiger partial charge in [0, 0.05) is 19.6 Å². The van der Waals surface area contributed by atoms with E-state index >= 15 is 0 Å². The van der Waals surface area contributed by atoms with Crippen LogP contribution in [0.25, 0.3) is 0 Å². The molecule has 0 bridgehead atoms. The summed E-state index contributed by atoms with van der Waals surface area (Å²) in [4.78, 5) is 22.9. The van der Waals surface area contributed by atoms with Crippen LogP contribution in [0, 0.1) is 5.41 Å². The fourth-order valence-corrected chi connectivity index (χ4v) is 1.97. The van der Waals surface area contributed by atoms with E-state index in [4.69, 9.17) is 10.2 Å². The van der Waals surface area contributed by atoms with E-state index < -0.39 is 17.4 Å². The number of carboxylic acids is 1. The smallest absolute Gasteiger partial charge is 0.326 e. The summed E-state index contributed by atoms with van der Waals surface area (Å²) < 4.78 is 0. The predicted octanol–water partition coefficient (Wildman–Crippen LogP) is -0.672. The quantitative estimate of drug-likeness (QED) is 0.514. The molecular weight excluding hydrogens is 224 g/mol. The molecule has 0 spiro atoms. The largest absolute Gasteiger partial charge is 0.480 e. The van der Waals surface area contributed by atoms with Gasteiger partial charge in [0.15, 0.2) is 0 Å². The van der Waals surface area contributed by atoms with Crippen molar-refractivity contribution in [1.82, 2.24) is 10.6 Å². The van der Waals surface area contributed by atoms with Crippen molar-refractivity contribution in [2.24, 2.45) is 5.41 Å². The number of nitrogens with one attached hydrogen (secondary N) is 2. The van der Waals surface area contributed by atoms with Gasteiger partial charge in [-0.1, -0.05) is 0 Å². The van der Waals surface area contributed by atoms with Crippen molar-refractivity contribution in [2.75, 3.05) is 19.7 Å². The minimum absolute atomic E-state index is 0.0323. The van der Waals surface area contributed by atoms with Crippen LogP contribution in [0.2, 0.25) is 0 Å². The van der Waals surface area contributed by atoms with Crippen molar-refractivity contribution in [2.45, 2.75) is 32.2 Å². The second kappa shape index (κ2) is 5.97. The Kier molecular flexibility index (Phi) is 4.89. The Hall–Kier alpha value is -1.14. The molecule has 6 heteroatoms. The van der Waals surface area contributed by atoms with Crippen LogP contribution in [0.3, 0.4) is 0 Å². The summed E-state index contributed by atoms with van der Waals surface area (Å²) in [5, 5.41) is 23.3. The molecule has 0 aliphatic carbocycles. The number of hydrogen-bond acceptors (Lipinski definition) is 4. The van der Waals surface area contributed by atoms with E-state index in [9.17, 15) is 9.59 Å². The van der Waals surface area contributed by atoms with Gasteiger partial charge in [-0.2, -0.15) is 0 Å². The number of carbonyl (C=O) groups excluding carboxylic acids is 1. The molecule has 0 aromatic rings. The molecule has 1 unspecified atom stereocenters. The summed E-state index contributed by atoms with van der Waals surface area (Å²) in [6.45, 7) is 3.02. The number of hydrogen-bond donors (Lipinski definition) is 4. The number of aliphatic carboxylic acids is 1. The first kappa shape index (κ1) is 13.9. The highest BCUT2D eigenvalue weighted by molar-refractivity contribution is 5.87. The predicted molar refractivity (Wildman–Crippen MR) is 61.5 cm³/mol. The van der Waals surface area contributed by atoms with Crippen molar-refractivity contribution in [1.29, 1.82) is 0 Å². The Balaban J connectivity index is 2.59. The van der Waals surface area contributed by atoms with Crippen LogP contribution >= 0.6 is 0 Å². The second-order valence-electron chi connectivity index (χ2n) is 4.72. The first-order valence-electron chi connectivity index (χ1n) is 5.85. The molecule has 1 aliphatic rings. The highest BCUT2D eigenvalue weighted by Crippen LogP contribution is 2.25. The highest BCUT2D eigenvalue weighted by atomic mass is 16.4. The van der Waals surface area contributed by atoms with E-state index in [1.54, 1.807) is 0 Å². The molecule has 6 nitrogen and oxygen atoms in total. The lowest BCUT2D eigenvalue weighted by molar-refractivity contribution is -0.144. The van der Waals surface area contributed by atoms with Crippen molar-refractivity contribution < 1.29 is 19.8 Å². The number of carboxylic acid groups (broad SMARTS) is 1. The molecule has 1 rings (SSSR count). The third-order valence-corrected chi connectivity index (χ3v) is 3.17. The molecule has 1 saturated heterocycles. The summed E-state index contributed by atoms with van der Waals surface area (Å²) in [6.07, 6.45) is 1.68. The maximum Gasteiger partial charge on any atom is 0.326 e. The van der Waals surface area contributed by atoms with Crippen LogP contribution < -0.4 is 10.6 Å². The Bertz CT molecular complexity index is 287. The van der Waals surface area contributed by atoms with Gasteiger partial charge in [0.1, 0.15) is 6.04 Å². The van der Waals surface area contributed by atoms with Gasteiger partial charge < -0.3 is 20.8 Å². The van der Waals surface area contributed by atoms with Gasteiger partial charge in [-0.3, -0.25) is 4.79 Å². The fourth-order valence-electron chi connectivity index (χ4n) is 1.97. The molecule has 4 N–H and O–H groups in total. The average Bonchev–Trinajstić information content (AvgIpc) is 2.29. The molecule has 0 aromatic heterocycles. The van der Waals surface area contributed by atoms with Crippen LogP contribution in [-0.2, 0) is 9.59 Å². The van der Waals surface area contributed by atoms with Crippen LogP contribution in [0.15, 0.2) is 0 Å². The summed E-state index contributed by atoms with van der Waals surface area (Å²) in [6, 6.07) is -1.01. The third-order valence-electron chi connectivity index (χ3n) is 3.17. The maximum absolute atomic E-state index is 12.0. The normalized spacial score (nSPS) is 26.2. The molecule has 98 valence electrons. The first-order valence-corrected chi connectivity index (χ1v) is 5.85. The zero-order valence-corrected chi connectivity index (χ0v) is 10.0. The van der Waals surface area contributed by atoms with Gasteiger partial charge in [0.05, 0.1) is 5.41 Å². The molecule has 1 aliphatic heterocycles. The van der Waals surface area contributed by atoms with Crippen molar-refractivity contribution in [3.8, 4) is 0 Å². The average molecular weight is 244 g/mol. The van der Waals surface area contributed by atoms with Gasteiger partial charge in [0.25, 0.3) is 0 Å². The molecule has 1 fully saturated rings. The van der Waals surface area contributed by atoms with E-state index in [0.29, 0.717) is 6.54 Å². The van der Waals surface area contributed by atoms with Crippen molar-refractivity contribution in [3.05, 3.63) is 0 Å². The third kappa shape index (κ3) is 3.67. The highest BCUT2D eigenvalue weighted by Gasteiger charge is 2.36. The Morgan fingerprint density at radius 3 is 2.71 bits per heavy atom. The number of amides is 1. The van der Waals surface area contributed by atoms with Gasteiger partial charge in [-0.15, -0.1) is 0 Å². The molecular formula is C11H20N2O4. The zero-order valence-electron chi connectivity index (χ0n) is 10.0. The van der Waals surface area contributed by atoms with Gasteiger partial charge in [0.2, 0.25) is 5.91 Å². The van der Waals surface area contributed by atoms with E-state index in [-0.39, 0.29) is 18.9 Å². The Labute approximate surface area is 100 Å². The number of piperidine rings is 1. The van der Waals surface area contributed by atoms with Crippen molar-refractivity contribution >= 4 is 11.9 Å². The molecule has 0 aromatic carbocycles. The number of rotatable bonds is 5. The van der Waals surface area contributed by atoms with E-state index in [1.807, 2.05) is 6.92 Å². The summed E-state index contributed by atoms with van der Waals surface area (Å²) in [7, 11) is 0. The monoisotopic (exact) mass is 244 g/mol. The lowest BCUT2D eigenvalue weighted by Gasteiger charge is -2.33. The first-order chi connectivity index (χ1) is 7.99. The lowest BCUT2D eigenvalue weighted by atomic mass is 9.81. The zero-order chi connectivity index (χ0) is 12.9. The van der Waals surface area contributed by atoms with Crippen LogP contribution in [0.1, 0.15) is 26.2 Å². The molecule has 1 heterocycles. The molecule has 2 atom stereocenters. The van der Waals surface area contributed by atoms with Gasteiger partial charge in [-0.05, 0) is 26.3 Å². The number of aliphatic hydroxyl groups is 1. The van der Waals surface area contributed by atoms with E-state index in [1.165, 1.54) is 0 Å². The lowest BCUT2D eigenvalue weighted by Crippen LogP contribution is -2.53. The molecule has 0 radical (unpaired) electrons. The summed E-state index contributed by atoms with van der Waals surface area (Å²) >= 11 is 0. The van der Waals surface area contributed by atoms with Crippen LogP contribution in [0.5, 0.6) is 0 Å². The Morgan fingerprint density at radius 2 is 2.24 bits per heavy atom. The van der Waals surface area contributed by atoms with Gasteiger partial charge in [-0.25, -0.2) is 4.79 Å². The Morgan fingerprint density at radius 1 is 1.53 bits per heavy atom. The topological polar surface area (TPSA) is 98.7 Å². The minimum Gasteiger partial charge on any atom is -0.480 e. The SMILES string of the molecule is CC1(C(=O)N[C@@H](CCO)C(=O)O)CCCNC1. The van der Waals surface area contributed by atoms with Crippen LogP contribution in [0.4, 0.5) is 0 Å². The maximum atomic E-state index is 12.0. The second-order valence-corrected chi connectivity index (χ2v) is 4.72. The fraction of sp³-hybridized carbons (Fsp3) is 0.818. The molecule has 1 amide bonds. The van der Waals surface area contributed by atoms with Crippen molar-refractivity contribution in [3.63, 3.8) is 0 Å². The standard InChI is InChI=1S/C11H20N2O4/c1-11(4-2-5-12-7-11)10(17)13-8(3-6-14)9(15)16/h8,12,14H,2-7H2,1H3,(H,13,17)(H,15,16)/t8-,11?/m0/s1. The van der Waals surface area contributed by atoms with Crippen LogP contribution in [-0.4, -0.2) is 47.8 Å². The van der Waals surface area contributed by atoms with E-state index in [0.717, 1.165) is 19.4 Å².